The van der Waals surface area contributed by atoms with E-state index in [1.165, 1.54) is 0 Å². The molecule has 0 saturated carbocycles. The van der Waals surface area contributed by atoms with E-state index >= 15 is 0 Å². The Labute approximate surface area is 152 Å². The van der Waals surface area contributed by atoms with E-state index in [9.17, 15) is 18.1 Å². The van der Waals surface area contributed by atoms with Gasteiger partial charge in [0.1, 0.15) is 0 Å². The topological polar surface area (TPSA) is 76.5 Å². The van der Waals surface area contributed by atoms with Crippen molar-refractivity contribution in [3.8, 4) is 0 Å². The van der Waals surface area contributed by atoms with Gasteiger partial charge in [-0.15, -0.1) is 0 Å². The van der Waals surface area contributed by atoms with Crippen LogP contribution >= 0.6 is 19.5 Å². The molecule has 2 heterocycles. The molecule has 142 valence electrons. The summed E-state index contributed by atoms with van der Waals surface area (Å²) in [7, 11) is -3.22. The van der Waals surface area contributed by atoms with Crippen LogP contribution in [-0.4, -0.2) is 28.1 Å². The van der Waals surface area contributed by atoms with Crippen LogP contribution in [-0.2, 0) is 21.4 Å². The minimum absolute atomic E-state index is 0.237. The fraction of sp³-hybridized carbons (Fsp3) is 0.333. The average molecular weight is 410 g/mol. The molecule has 1 aliphatic heterocycles. The fourth-order valence-electron chi connectivity index (χ4n) is 2.43. The van der Waals surface area contributed by atoms with Crippen LogP contribution in [0.5, 0.6) is 0 Å². The average Bonchev–Trinajstić information content (AvgIpc) is 2.56. The molecule has 1 aromatic carbocycles. The Balaban J connectivity index is 1.75. The van der Waals surface area contributed by atoms with E-state index in [-0.39, 0.29) is 11.4 Å². The van der Waals surface area contributed by atoms with Crippen LogP contribution in [0.3, 0.4) is 0 Å². The van der Waals surface area contributed by atoms with Gasteiger partial charge in [0.15, 0.2) is 0 Å². The first-order chi connectivity index (χ1) is 12.3. The molecule has 2 aromatic rings. The summed E-state index contributed by atoms with van der Waals surface area (Å²) in [6.45, 7) is 0.911. The second-order valence-corrected chi connectivity index (χ2v) is 8.36. The monoisotopic (exact) mass is 409 g/mol. The van der Waals surface area contributed by atoms with Crippen molar-refractivity contribution in [2.75, 3.05) is 18.5 Å². The van der Waals surface area contributed by atoms with Crippen LogP contribution in [0, 0.1) is 0 Å². The van der Waals surface area contributed by atoms with Gasteiger partial charge in [0.25, 0.3) is 0 Å². The van der Waals surface area contributed by atoms with Gasteiger partial charge in [-0.3, -0.25) is 0 Å². The molecule has 2 N–H and O–H groups in total. The zero-order valence-corrected chi connectivity index (χ0v) is 15.1. The van der Waals surface area contributed by atoms with Crippen molar-refractivity contribution in [2.24, 2.45) is 0 Å². The maximum absolute atomic E-state index is 13.0. The van der Waals surface area contributed by atoms with Crippen molar-refractivity contribution in [1.82, 2.24) is 9.97 Å². The Kier molecular flexibility index (Phi) is 5.64. The predicted octanol–water partition coefficient (Wildman–Crippen LogP) is 4.32. The van der Waals surface area contributed by atoms with Crippen molar-refractivity contribution in [3.63, 3.8) is 0 Å². The van der Waals surface area contributed by atoms with Gasteiger partial charge in [0.05, 0.1) is 0 Å². The first-order valence-corrected chi connectivity index (χ1v) is 10.1. The number of aromatic nitrogens is 2. The Bertz CT molecular complexity index is 771. The summed E-state index contributed by atoms with van der Waals surface area (Å²) >= 11 is 5.60. The first kappa shape index (κ1) is 19.3. The Morgan fingerprint density at radius 2 is 1.85 bits per heavy atom. The van der Waals surface area contributed by atoms with Crippen LogP contribution in [0.2, 0.25) is 5.28 Å². The Morgan fingerprint density at radius 1 is 1.19 bits per heavy atom. The third-order valence-corrected chi connectivity index (χ3v) is 6.00. The molecule has 0 amide bonds. The summed E-state index contributed by atoms with van der Waals surface area (Å²) in [5.74, 6) is -0.433. The quantitative estimate of drug-likeness (QED) is 0.578. The van der Waals surface area contributed by atoms with Gasteiger partial charge in [0.2, 0.25) is 0 Å². The molecule has 26 heavy (non-hydrogen) atoms. The third-order valence-electron chi connectivity index (χ3n) is 3.65. The Morgan fingerprint density at radius 3 is 2.46 bits per heavy atom. The molecule has 0 bridgehead atoms. The van der Waals surface area contributed by atoms with E-state index in [4.69, 9.17) is 20.6 Å². The summed E-state index contributed by atoms with van der Waals surface area (Å²) in [6.07, 6.45) is -3.01. The molecule has 1 aromatic heterocycles. The first-order valence-electron chi connectivity index (χ1n) is 7.71. The van der Waals surface area contributed by atoms with E-state index in [0.717, 1.165) is 12.0 Å². The molecule has 1 saturated heterocycles. The van der Waals surface area contributed by atoms with Gasteiger partial charge < -0.3 is 0 Å². The van der Waals surface area contributed by atoms with E-state index in [2.05, 4.69) is 15.3 Å². The number of hydrogen-bond donors (Lipinski definition) is 2. The number of hydrogen-bond acceptors (Lipinski definition) is 6. The van der Waals surface area contributed by atoms with Gasteiger partial charge in [-0.05, 0) is 0 Å². The number of alkyl halides is 3. The van der Waals surface area contributed by atoms with E-state index < -0.39 is 25.5 Å². The van der Waals surface area contributed by atoms with Gasteiger partial charge in [0, 0.05) is 0 Å². The minimum atomic E-state index is -4.61. The molecule has 11 heteroatoms. The maximum atomic E-state index is 13.0. The fourth-order valence-corrected chi connectivity index (χ4v) is 4.53. The second-order valence-electron chi connectivity index (χ2n) is 5.66. The molecule has 0 spiro atoms. The molecule has 0 unspecified atom stereocenters. The number of anilines is 2. The van der Waals surface area contributed by atoms with Crippen LogP contribution in [0.25, 0.3) is 0 Å². The summed E-state index contributed by atoms with van der Waals surface area (Å²) in [5.41, 5.74) is 0.119. The molecular formula is C15H16ClF3N3O3P. The van der Waals surface area contributed by atoms with Crippen molar-refractivity contribution >= 4 is 31.0 Å². The van der Waals surface area contributed by atoms with Crippen LogP contribution in [0.1, 0.15) is 17.5 Å². The van der Waals surface area contributed by atoms with Crippen molar-refractivity contribution in [2.45, 2.75) is 18.8 Å². The molecule has 0 aliphatic carbocycles. The number of rotatable bonds is 4. The Hall–Kier alpha value is -1.51. The molecule has 1 fully saturated rings. The van der Waals surface area contributed by atoms with Crippen LogP contribution < -0.4 is 5.32 Å². The SMILES string of the molecule is O[PH]1(Cc2ccc(Nc3nc(Cl)ncc3C(F)(F)F)cc2)OCCCO1. The number of nitrogens with one attached hydrogen (secondary N) is 1. The summed E-state index contributed by atoms with van der Waals surface area (Å²) in [6, 6.07) is 6.49. The second kappa shape index (κ2) is 7.62. The van der Waals surface area contributed by atoms with Crippen molar-refractivity contribution < 1.29 is 27.1 Å². The summed E-state index contributed by atoms with van der Waals surface area (Å²) in [5, 5.41) is 2.30. The molecule has 3 rings (SSSR count). The van der Waals surface area contributed by atoms with Gasteiger partial charge in [-0.1, -0.05) is 0 Å². The van der Waals surface area contributed by atoms with Gasteiger partial charge in [-0.25, -0.2) is 0 Å². The summed E-state index contributed by atoms with van der Waals surface area (Å²) in [4.78, 5) is 17.3. The van der Waals surface area contributed by atoms with Crippen LogP contribution in [0.4, 0.5) is 24.7 Å². The summed E-state index contributed by atoms with van der Waals surface area (Å²) < 4.78 is 49.8. The van der Waals surface area contributed by atoms with E-state index in [1.807, 2.05) is 0 Å². The molecular weight excluding hydrogens is 394 g/mol. The molecule has 0 radical (unpaired) electrons. The molecule has 0 atom stereocenters. The van der Waals surface area contributed by atoms with Crippen LogP contribution in [0.15, 0.2) is 30.5 Å². The predicted molar refractivity (Wildman–Crippen MR) is 92.5 cm³/mol. The molecule has 6 nitrogen and oxygen atoms in total. The van der Waals surface area contributed by atoms with Gasteiger partial charge in [-0.2, -0.15) is 0 Å². The third kappa shape index (κ3) is 4.81. The van der Waals surface area contributed by atoms with E-state index in [0.29, 0.717) is 25.1 Å². The van der Waals surface area contributed by atoms with Crippen molar-refractivity contribution in [3.05, 3.63) is 46.9 Å². The number of halogens is 4. The zero-order chi connectivity index (χ0) is 18.8. The normalized spacial score (nSPS) is 18.3. The number of benzene rings is 1. The number of nitrogens with zero attached hydrogens (tertiary/aromatic N) is 2. The van der Waals surface area contributed by atoms with Gasteiger partial charge >= 0.3 is 152 Å². The van der Waals surface area contributed by atoms with Crippen molar-refractivity contribution in [1.29, 1.82) is 0 Å². The zero-order valence-electron chi connectivity index (χ0n) is 13.4. The van der Waals surface area contributed by atoms with E-state index in [1.54, 1.807) is 24.3 Å². The molecule has 1 aliphatic rings. The standard InChI is InChI=1S/C15H16ClF3N3O3P/c16-14-20-8-12(15(17,18)19)13(22-14)21-11-4-2-10(3-5-11)9-26(23)24-6-1-7-25-26/h2-5,8,23,26H,1,6-7,9H2,(H,20,21,22).